The van der Waals surface area contributed by atoms with Gasteiger partial charge in [-0.15, -0.1) is 0 Å². The van der Waals surface area contributed by atoms with E-state index in [9.17, 15) is 4.79 Å². The molecule has 1 unspecified atom stereocenters. The highest BCUT2D eigenvalue weighted by molar-refractivity contribution is 6.50. The highest BCUT2D eigenvalue weighted by atomic mass is 35.5. The maximum atomic E-state index is 11.2. The lowest BCUT2D eigenvalue weighted by Gasteiger charge is -2.33. The molecule has 1 rings (SSSR count). The summed E-state index contributed by atoms with van der Waals surface area (Å²) in [6, 6.07) is 8.28. The van der Waals surface area contributed by atoms with Crippen molar-refractivity contribution in [1.82, 2.24) is 0 Å². The van der Waals surface area contributed by atoms with Crippen LogP contribution in [0, 0.1) is 0 Å². The maximum Gasteiger partial charge on any atom is 0.331 e. The molecular weight excluding hydrogens is 237 g/mol. The lowest BCUT2D eigenvalue weighted by atomic mass is 9.87. The van der Waals surface area contributed by atoms with Gasteiger partial charge in [-0.25, -0.2) is 4.79 Å². The molecule has 0 spiro atoms. The Morgan fingerprint density at radius 2 is 1.80 bits per heavy atom. The molecule has 0 aliphatic heterocycles. The van der Waals surface area contributed by atoms with Crippen molar-refractivity contribution in [2.24, 2.45) is 5.73 Å². The number of alkyl halides is 2. The summed E-state index contributed by atoms with van der Waals surface area (Å²) in [4.78, 5) is 11.2. The van der Waals surface area contributed by atoms with Crippen molar-refractivity contribution in [3.63, 3.8) is 0 Å². The van der Waals surface area contributed by atoms with E-state index in [1.165, 1.54) is 6.92 Å². The van der Waals surface area contributed by atoms with Crippen LogP contribution in [0.1, 0.15) is 12.5 Å². The molecule has 0 bridgehead atoms. The second-order valence-corrected chi connectivity index (χ2v) is 5.07. The topological polar surface area (TPSA) is 63.3 Å². The summed E-state index contributed by atoms with van der Waals surface area (Å²) < 4.78 is -1.60. The number of carboxylic acids is 1. The van der Waals surface area contributed by atoms with Gasteiger partial charge in [0.25, 0.3) is 0 Å². The molecular formula is C10H11Cl2NO2. The van der Waals surface area contributed by atoms with Crippen molar-refractivity contribution >= 4 is 29.2 Å². The maximum absolute atomic E-state index is 11.2. The Kier molecular flexibility index (Phi) is 3.28. The number of rotatable bonds is 3. The molecule has 0 aromatic heterocycles. The molecule has 0 aliphatic rings. The molecule has 0 radical (unpaired) electrons. The minimum atomic E-state index is -1.82. The minimum absolute atomic E-state index is 0.366. The highest BCUT2D eigenvalue weighted by Gasteiger charge is 2.51. The number of carboxylic acid groups (broad SMARTS) is 1. The van der Waals surface area contributed by atoms with Crippen LogP contribution in [0.25, 0.3) is 0 Å². The normalized spacial score (nSPS) is 15.7. The summed E-state index contributed by atoms with van der Waals surface area (Å²) in [5.74, 6) is -1.26. The lowest BCUT2D eigenvalue weighted by Crippen LogP contribution is -2.56. The SMILES string of the molecule is CC(Cl)(Cl)C(N)(C(=O)O)c1ccccc1. The lowest BCUT2D eigenvalue weighted by molar-refractivity contribution is -0.144. The van der Waals surface area contributed by atoms with Crippen molar-refractivity contribution in [3.05, 3.63) is 35.9 Å². The predicted octanol–water partition coefficient (Wildman–Crippen LogP) is 2.12. The van der Waals surface area contributed by atoms with Gasteiger partial charge in [-0.2, -0.15) is 0 Å². The van der Waals surface area contributed by atoms with E-state index in [0.717, 1.165) is 0 Å². The van der Waals surface area contributed by atoms with Crippen LogP contribution in [-0.2, 0) is 10.3 Å². The monoisotopic (exact) mass is 247 g/mol. The first-order valence-corrected chi connectivity index (χ1v) is 5.01. The molecule has 5 heteroatoms. The van der Waals surface area contributed by atoms with Crippen molar-refractivity contribution in [2.45, 2.75) is 16.8 Å². The first-order chi connectivity index (χ1) is 6.80. The molecule has 0 aliphatic carbocycles. The summed E-state index contributed by atoms with van der Waals surface area (Å²) in [5.41, 5.74) is 4.32. The molecule has 3 N–H and O–H groups in total. The summed E-state index contributed by atoms with van der Waals surface area (Å²) in [6.45, 7) is 1.36. The fourth-order valence-electron chi connectivity index (χ4n) is 1.27. The molecule has 0 fully saturated rings. The van der Waals surface area contributed by atoms with Crippen LogP contribution in [0.2, 0.25) is 0 Å². The Balaban J connectivity index is 3.32. The van der Waals surface area contributed by atoms with Crippen LogP contribution >= 0.6 is 23.2 Å². The van der Waals surface area contributed by atoms with Gasteiger partial charge in [-0.05, 0) is 12.5 Å². The molecule has 1 aromatic rings. The summed E-state index contributed by atoms with van der Waals surface area (Å²) in [7, 11) is 0. The number of hydrogen-bond acceptors (Lipinski definition) is 2. The zero-order chi connectivity index (χ0) is 11.7. The molecule has 0 heterocycles. The Morgan fingerprint density at radius 1 is 1.33 bits per heavy atom. The standard InChI is InChI=1S/C10H11Cl2NO2/c1-9(11,12)10(13,8(14)15)7-5-3-2-4-6-7/h2-6H,13H2,1H3,(H,14,15). The third-order valence-electron chi connectivity index (χ3n) is 2.26. The van der Waals surface area contributed by atoms with Crippen molar-refractivity contribution < 1.29 is 9.90 Å². The van der Waals surface area contributed by atoms with E-state index in [4.69, 9.17) is 34.0 Å². The van der Waals surface area contributed by atoms with E-state index in [2.05, 4.69) is 0 Å². The summed E-state index contributed by atoms with van der Waals surface area (Å²) in [6.07, 6.45) is 0. The average molecular weight is 248 g/mol. The van der Waals surface area contributed by atoms with Gasteiger partial charge in [0.15, 0.2) is 5.54 Å². The van der Waals surface area contributed by atoms with E-state index < -0.39 is 15.8 Å². The summed E-state index contributed by atoms with van der Waals surface area (Å²) in [5, 5.41) is 9.13. The van der Waals surface area contributed by atoms with Crippen molar-refractivity contribution in [2.75, 3.05) is 0 Å². The second-order valence-electron chi connectivity index (χ2n) is 3.37. The van der Waals surface area contributed by atoms with E-state index in [-0.39, 0.29) is 0 Å². The van der Waals surface area contributed by atoms with Crippen molar-refractivity contribution in [1.29, 1.82) is 0 Å². The Labute approximate surface area is 97.8 Å². The molecule has 82 valence electrons. The van der Waals surface area contributed by atoms with Gasteiger partial charge < -0.3 is 10.8 Å². The van der Waals surface area contributed by atoms with Crippen LogP contribution in [0.3, 0.4) is 0 Å². The van der Waals surface area contributed by atoms with Crippen LogP contribution < -0.4 is 5.73 Å². The highest BCUT2D eigenvalue weighted by Crippen LogP contribution is 2.39. The van der Waals surface area contributed by atoms with Crippen molar-refractivity contribution in [3.8, 4) is 0 Å². The Bertz CT molecular complexity index is 361. The molecule has 0 saturated carbocycles. The molecule has 1 aromatic carbocycles. The largest absolute Gasteiger partial charge is 0.480 e. The number of aliphatic carboxylic acids is 1. The predicted molar refractivity (Wildman–Crippen MR) is 60.1 cm³/mol. The molecule has 0 saturated heterocycles. The van der Waals surface area contributed by atoms with Gasteiger partial charge in [0, 0.05) is 0 Å². The van der Waals surface area contributed by atoms with Gasteiger partial charge >= 0.3 is 5.97 Å². The third kappa shape index (κ3) is 2.09. The van der Waals surface area contributed by atoms with Gasteiger partial charge in [-0.1, -0.05) is 53.5 Å². The van der Waals surface area contributed by atoms with Crippen LogP contribution in [-0.4, -0.2) is 15.4 Å². The van der Waals surface area contributed by atoms with E-state index >= 15 is 0 Å². The molecule has 1 atom stereocenters. The van der Waals surface area contributed by atoms with Gasteiger partial charge in [0.2, 0.25) is 0 Å². The van der Waals surface area contributed by atoms with Gasteiger partial charge in [-0.3, -0.25) is 0 Å². The zero-order valence-corrected chi connectivity index (χ0v) is 9.59. The smallest absolute Gasteiger partial charge is 0.331 e. The van der Waals surface area contributed by atoms with Gasteiger partial charge in [0.1, 0.15) is 4.33 Å². The Hall–Kier alpha value is -0.770. The van der Waals surface area contributed by atoms with Crippen LogP contribution in [0.4, 0.5) is 0 Å². The second kappa shape index (κ2) is 4.00. The number of nitrogens with two attached hydrogens (primary N) is 1. The number of halogens is 2. The average Bonchev–Trinajstić information content (AvgIpc) is 2.16. The number of hydrogen-bond donors (Lipinski definition) is 2. The molecule has 0 amide bonds. The van der Waals surface area contributed by atoms with E-state index in [0.29, 0.717) is 5.56 Å². The Morgan fingerprint density at radius 3 is 2.13 bits per heavy atom. The van der Waals surface area contributed by atoms with Crippen LogP contribution in [0.15, 0.2) is 30.3 Å². The third-order valence-corrected chi connectivity index (χ3v) is 2.86. The fourth-order valence-corrected chi connectivity index (χ4v) is 1.65. The number of benzene rings is 1. The number of carbonyl (C=O) groups is 1. The first-order valence-electron chi connectivity index (χ1n) is 4.26. The first kappa shape index (κ1) is 12.3. The quantitative estimate of drug-likeness (QED) is 0.805. The van der Waals surface area contributed by atoms with E-state index in [1.54, 1.807) is 30.3 Å². The molecule has 3 nitrogen and oxygen atoms in total. The summed E-state index contributed by atoms with van der Waals surface area (Å²) >= 11 is 11.7. The zero-order valence-electron chi connectivity index (χ0n) is 8.08. The van der Waals surface area contributed by atoms with Gasteiger partial charge in [0.05, 0.1) is 0 Å². The van der Waals surface area contributed by atoms with Crippen LogP contribution in [0.5, 0.6) is 0 Å². The minimum Gasteiger partial charge on any atom is -0.480 e. The fraction of sp³-hybridized carbons (Fsp3) is 0.300. The molecule has 15 heavy (non-hydrogen) atoms. The van der Waals surface area contributed by atoms with E-state index in [1.807, 2.05) is 0 Å².